The van der Waals surface area contributed by atoms with E-state index in [-0.39, 0.29) is 41.1 Å². The summed E-state index contributed by atoms with van der Waals surface area (Å²) in [7, 11) is 0. The maximum absolute atomic E-state index is 13.9. The van der Waals surface area contributed by atoms with Crippen LogP contribution in [0.4, 0.5) is 4.39 Å². The number of carbonyl (C=O) groups excluding carboxylic acids is 1. The fourth-order valence-corrected chi connectivity index (χ4v) is 4.61. The van der Waals surface area contributed by atoms with Gasteiger partial charge in [0, 0.05) is 35.6 Å². The van der Waals surface area contributed by atoms with Crippen LogP contribution in [-0.2, 0) is 4.79 Å². The van der Waals surface area contributed by atoms with Crippen LogP contribution >= 0.6 is 0 Å². The van der Waals surface area contributed by atoms with Crippen molar-refractivity contribution in [1.82, 2.24) is 16.2 Å². The average Bonchev–Trinajstić information content (AvgIpc) is 2.85. The van der Waals surface area contributed by atoms with Crippen molar-refractivity contribution in [2.24, 2.45) is 11.3 Å². The van der Waals surface area contributed by atoms with E-state index in [1.165, 1.54) is 6.07 Å². The summed E-state index contributed by atoms with van der Waals surface area (Å²) in [6.07, 6.45) is 1.44. The molecule has 2 heterocycles. The van der Waals surface area contributed by atoms with E-state index < -0.39 is 0 Å². The number of rotatable bonds is 1. The highest BCUT2D eigenvalue weighted by Crippen LogP contribution is 2.48. The molecule has 0 saturated carbocycles. The molecule has 2 aliphatic heterocycles. The molecule has 1 saturated heterocycles. The predicted octanol–water partition coefficient (Wildman–Crippen LogP) is 2.59. The van der Waals surface area contributed by atoms with Gasteiger partial charge in [0.2, 0.25) is 0 Å². The number of benzene rings is 1. The van der Waals surface area contributed by atoms with Gasteiger partial charge in [-0.15, -0.1) is 0 Å². The Morgan fingerprint density at radius 1 is 1.21 bits per heavy atom. The average molecular weight is 329 g/mol. The quantitative estimate of drug-likeness (QED) is 0.741. The molecule has 0 radical (unpaired) electrons. The second-order valence-corrected chi connectivity index (χ2v) is 8.14. The lowest BCUT2D eigenvalue weighted by molar-refractivity contribution is -0.118. The van der Waals surface area contributed by atoms with Crippen molar-refractivity contribution in [2.75, 3.05) is 0 Å². The molecule has 24 heavy (non-hydrogen) atoms. The van der Waals surface area contributed by atoms with Gasteiger partial charge in [0.1, 0.15) is 5.82 Å². The lowest BCUT2D eigenvalue weighted by atomic mass is 9.65. The van der Waals surface area contributed by atoms with Crippen molar-refractivity contribution in [3.8, 4) is 0 Å². The Labute approximate surface area is 141 Å². The number of hydrogen-bond acceptors (Lipinski definition) is 4. The van der Waals surface area contributed by atoms with Crippen molar-refractivity contribution in [3.05, 3.63) is 46.9 Å². The lowest BCUT2D eigenvalue weighted by Gasteiger charge is -2.44. The van der Waals surface area contributed by atoms with Gasteiger partial charge in [-0.25, -0.2) is 9.82 Å². The van der Waals surface area contributed by atoms with Crippen LogP contribution in [0.25, 0.3) is 0 Å². The maximum atomic E-state index is 13.9. The fourth-order valence-electron chi connectivity index (χ4n) is 4.61. The van der Waals surface area contributed by atoms with Gasteiger partial charge < -0.3 is 5.32 Å². The van der Waals surface area contributed by atoms with Crippen molar-refractivity contribution in [1.29, 1.82) is 0 Å². The first kappa shape index (κ1) is 15.8. The van der Waals surface area contributed by atoms with Crippen LogP contribution in [0.3, 0.4) is 0 Å². The van der Waals surface area contributed by atoms with E-state index in [1.807, 2.05) is 6.07 Å². The van der Waals surface area contributed by atoms with Crippen LogP contribution in [0.2, 0.25) is 0 Å². The highest BCUT2D eigenvalue weighted by atomic mass is 19.1. The molecule has 1 aromatic rings. The molecule has 5 heteroatoms. The third-order valence-electron chi connectivity index (χ3n) is 5.58. The number of hydrazine groups is 1. The number of allylic oxidation sites excluding steroid dienone is 2. The smallest absolute Gasteiger partial charge is 0.161 e. The molecule has 4 unspecified atom stereocenters. The van der Waals surface area contributed by atoms with Gasteiger partial charge in [-0.1, -0.05) is 26.0 Å². The van der Waals surface area contributed by atoms with Crippen molar-refractivity contribution in [3.63, 3.8) is 0 Å². The maximum Gasteiger partial charge on any atom is 0.161 e. The number of nitrogens with one attached hydrogen (secondary N) is 3. The normalized spacial score (nSPS) is 34.6. The van der Waals surface area contributed by atoms with Crippen molar-refractivity contribution >= 4 is 5.78 Å². The number of carbonyl (C=O) groups is 1. The Balaban J connectivity index is 1.86. The molecule has 3 aliphatic rings. The van der Waals surface area contributed by atoms with Gasteiger partial charge in [-0.2, -0.15) is 0 Å². The number of fused-ring (bicyclic) bond motifs is 1. The third kappa shape index (κ3) is 2.47. The lowest BCUT2D eigenvalue weighted by Crippen LogP contribution is -2.52. The molecule has 4 atom stereocenters. The van der Waals surface area contributed by atoms with Crippen LogP contribution in [0.1, 0.15) is 45.1 Å². The van der Waals surface area contributed by atoms with Gasteiger partial charge in [-0.05, 0) is 36.5 Å². The molecule has 4 rings (SSSR count). The standard InChI is InChI=1S/C19H24FN3O/c1-10-15-16(11-5-4-6-12(20)7-11)17-13(21-18(15)23-22-10)8-19(2,3)9-14(17)24/h4-7,10,15-16,18,21-23H,8-9H2,1-3H3. The second-order valence-electron chi connectivity index (χ2n) is 8.14. The molecule has 128 valence electrons. The third-order valence-corrected chi connectivity index (χ3v) is 5.58. The summed E-state index contributed by atoms with van der Waals surface area (Å²) in [4.78, 5) is 13.0. The summed E-state index contributed by atoms with van der Waals surface area (Å²) in [6.45, 7) is 6.36. The van der Waals surface area contributed by atoms with E-state index in [2.05, 4.69) is 36.9 Å². The van der Waals surface area contributed by atoms with E-state index in [0.717, 1.165) is 23.3 Å². The second kappa shape index (κ2) is 5.39. The summed E-state index contributed by atoms with van der Waals surface area (Å²) >= 11 is 0. The van der Waals surface area contributed by atoms with E-state index >= 15 is 0 Å². The molecule has 3 N–H and O–H groups in total. The first-order valence-corrected chi connectivity index (χ1v) is 8.65. The molecule has 1 aromatic carbocycles. The summed E-state index contributed by atoms with van der Waals surface area (Å²) in [5, 5.41) is 3.54. The van der Waals surface area contributed by atoms with Gasteiger partial charge in [-0.3, -0.25) is 10.2 Å². The Hall–Kier alpha value is -1.72. The minimum absolute atomic E-state index is 0.0418. The van der Waals surface area contributed by atoms with E-state index in [0.29, 0.717) is 6.42 Å². The largest absolute Gasteiger partial charge is 0.371 e. The van der Waals surface area contributed by atoms with Crippen molar-refractivity contribution < 1.29 is 9.18 Å². The fraction of sp³-hybridized carbons (Fsp3) is 0.526. The Bertz CT molecular complexity index is 727. The molecule has 4 nitrogen and oxygen atoms in total. The number of hydrogen-bond donors (Lipinski definition) is 3. The molecule has 1 aliphatic carbocycles. The molecule has 0 amide bonds. The van der Waals surface area contributed by atoms with Gasteiger partial charge >= 0.3 is 0 Å². The Morgan fingerprint density at radius 3 is 2.75 bits per heavy atom. The van der Waals surface area contributed by atoms with Gasteiger partial charge in [0.05, 0.1) is 6.17 Å². The molecule has 0 aromatic heterocycles. The summed E-state index contributed by atoms with van der Waals surface area (Å²) < 4.78 is 13.9. The first-order chi connectivity index (χ1) is 11.4. The van der Waals surface area contributed by atoms with Crippen molar-refractivity contribution in [2.45, 2.75) is 51.7 Å². The van der Waals surface area contributed by atoms with Crippen LogP contribution in [0.5, 0.6) is 0 Å². The number of Topliss-reactive ketones (excluding diaryl/α,β-unsaturated/α-hetero) is 1. The highest BCUT2D eigenvalue weighted by Gasteiger charge is 2.49. The van der Waals surface area contributed by atoms with Gasteiger partial charge in [0.15, 0.2) is 5.78 Å². The highest BCUT2D eigenvalue weighted by molar-refractivity contribution is 5.99. The van der Waals surface area contributed by atoms with Crippen LogP contribution < -0.4 is 16.2 Å². The van der Waals surface area contributed by atoms with E-state index in [4.69, 9.17) is 0 Å². The Kier molecular flexibility index (Phi) is 3.55. The van der Waals surface area contributed by atoms with Crippen LogP contribution in [0.15, 0.2) is 35.5 Å². The van der Waals surface area contributed by atoms with Crippen LogP contribution in [-0.4, -0.2) is 18.0 Å². The summed E-state index contributed by atoms with van der Waals surface area (Å²) in [6, 6.07) is 6.90. The zero-order chi connectivity index (χ0) is 17.1. The molecule has 1 fully saturated rings. The van der Waals surface area contributed by atoms with Gasteiger partial charge in [0.25, 0.3) is 0 Å². The number of halogens is 1. The monoisotopic (exact) mass is 329 g/mol. The van der Waals surface area contributed by atoms with E-state index in [1.54, 1.807) is 12.1 Å². The first-order valence-electron chi connectivity index (χ1n) is 8.65. The zero-order valence-electron chi connectivity index (χ0n) is 14.3. The zero-order valence-corrected chi connectivity index (χ0v) is 14.3. The number of ketones is 1. The molecular weight excluding hydrogens is 305 g/mol. The Morgan fingerprint density at radius 2 is 2.00 bits per heavy atom. The molecule has 0 spiro atoms. The topological polar surface area (TPSA) is 53.2 Å². The minimum atomic E-state index is -0.250. The minimum Gasteiger partial charge on any atom is -0.371 e. The summed E-state index contributed by atoms with van der Waals surface area (Å²) in [5.41, 5.74) is 9.31. The summed E-state index contributed by atoms with van der Waals surface area (Å²) in [5.74, 6) is 0.0270. The SMILES string of the molecule is CC1NNC2NC3=C(C(=O)CC(C)(C)C3)C(c3cccc(F)c3)C12. The van der Waals surface area contributed by atoms with Crippen LogP contribution in [0, 0.1) is 17.2 Å². The molecule has 0 bridgehead atoms. The van der Waals surface area contributed by atoms with E-state index in [9.17, 15) is 9.18 Å². The predicted molar refractivity (Wildman–Crippen MR) is 90.3 cm³/mol. The molecular formula is C19H24FN3O.